The predicted molar refractivity (Wildman–Crippen MR) is 111 cm³/mol. The lowest BCUT2D eigenvalue weighted by Crippen LogP contribution is -2.41. The van der Waals surface area contributed by atoms with E-state index in [0.29, 0.717) is 9.47 Å². The minimum absolute atomic E-state index is 0.0449. The predicted octanol–water partition coefficient (Wildman–Crippen LogP) is 1.54. The van der Waals surface area contributed by atoms with Gasteiger partial charge in [-0.3, -0.25) is 18.7 Å². The van der Waals surface area contributed by atoms with E-state index in [1.54, 1.807) is 0 Å². The van der Waals surface area contributed by atoms with E-state index in [1.165, 1.54) is 25.4 Å². The monoisotopic (exact) mass is 418 g/mol. The maximum Gasteiger partial charge on any atom is 0.332 e. The fourth-order valence-electron chi connectivity index (χ4n) is 2.49. The molecule has 2 heterocycles. The van der Waals surface area contributed by atoms with E-state index >= 15 is 0 Å². The molecule has 3 rings (SSSR count). The molecular formula is C17H18N6O3S2. The number of anilines is 3. The highest BCUT2D eigenvalue weighted by Gasteiger charge is 2.20. The summed E-state index contributed by atoms with van der Waals surface area (Å²) in [6.45, 7) is 1.99. The Morgan fingerprint density at radius 1 is 1.25 bits per heavy atom. The summed E-state index contributed by atoms with van der Waals surface area (Å²) in [5.74, 6) is -0.656. The molecule has 0 amide bonds. The van der Waals surface area contributed by atoms with E-state index in [9.17, 15) is 14.4 Å². The summed E-state index contributed by atoms with van der Waals surface area (Å²) in [5.41, 5.74) is 6.34. The van der Waals surface area contributed by atoms with Crippen LogP contribution >= 0.6 is 23.1 Å². The SMILES string of the molecule is Cc1cccc(Nc2nnc(SCC(=O)c3c(N)n(C)c(=O)n(C)c3=O)s2)c1. The average molecular weight is 419 g/mol. The topological polar surface area (TPSA) is 125 Å². The Balaban J connectivity index is 1.72. The number of nitrogen functional groups attached to an aromatic ring is 1. The molecule has 0 fully saturated rings. The number of aromatic nitrogens is 4. The Kier molecular flexibility index (Phi) is 5.66. The molecule has 0 bridgehead atoms. The van der Waals surface area contributed by atoms with Gasteiger partial charge in [-0.25, -0.2) is 4.79 Å². The van der Waals surface area contributed by atoms with Gasteiger partial charge < -0.3 is 11.1 Å². The summed E-state index contributed by atoms with van der Waals surface area (Å²) in [4.78, 5) is 36.6. The lowest BCUT2D eigenvalue weighted by molar-refractivity contribution is 0.102. The first-order valence-electron chi connectivity index (χ1n) is 8.16. The number of hydrogen-bond acceptors (Lipinski definition) is 9. The van der Waals surface area contributed by atoms with Crippen molar-refractivity contribution in [3.63, 3.8) is 0 Å². The van der Waals surface area contributed by atoms with E-state index in [1.807, 2.05) is 31.2 Å². The van der Waals surface area contributed by atoms with Crippen molar-refractivity contribution >= 4 is 45.5 Å². The quantitative estimate of drug-likeness (QED) is 0.456. The molecule has 3 aromatic rings. The molecule has 0 aliphatic rings. The number of Topliss-reactive ketones (excluding diaryl/α,β-unsaturated/α-hetero) is 1. The largest absolute Gasteiger partial charge is 0.384 e. The molecule has 0 unspecified atom stereocenters. The zero-order valence-electron chi connectivity index (χ0n) is 15.4. The number of carbonyl (C=O) groups is 1. The zero-order chi connectivity index (χ0) is 20.4. The number of nitrogens with two attached hydrogens (primary N) is 1. The molecule has 2 aromatic heterocycles. The highest BCUT2D eigenvalue weighted by Crippen LogP contribution is 2.28. The average Bonchev–Trinajstić information content (AvgIpc) is 3.10. The van der Waals surface area contributed by atoms with Crippen LogP contribution < -0.4 is 22.3 Å². The molecule has 146 valence electrons. The van der Waals surface area contributed by atoms with Crippen molar-refractivity contribution < 1.29 is 4.79 Å². The van der Waals surface area contributed by atoms with Gasteiger partial charge in [0.1, 0.15) is 11.4 Å². The number of carbonyl (C=O) groups excluding carboxylic acids is 1. The molecule has 0 aliphatic heterocycles. The highest BCUT2D eigenvalue weighted by atomic mass is 32.2. The standard InChI is InChI=1S/C17H18N6O3S2/c1-9-5-4-6-10(7-9)19-15-20-21-16(28-15)27-8-11(24)12-13(18)22(2)17(26)23(3)14(12)25/h4-7H,8,18H2,1-3H3,(H,19,20). The van der Waals surface area contributed by atoms with Crippen molar-refractivity contribution in [2.24, 2.45) is 14.1 Å². The van der Waals surface area contributed by atoms with Crippen LogP contribution in [0.15, 0.2) is 38.2 Å². The molecule has 3 N–H and O–H groups in total. The summed E-state index contributed by atoms with van der Waals surface area (Å²) in [5, 5.41) is 11.9. The van der Waals surface area contributed by atoms with Crippen molar-refractivity contribution in [2.75, 3.05) is 16.8 Å². The second kappa shape index (κ2) is 7.98. The Morgan fingerprint density at radius 2 is 2.00 bits per heavy atom. The summed E-state index contributed by atoms with van der Waals surface area (Å²) in [6, 6.07) is 7.83. The molecule has 0 atom stereocenters. The minimum atomic E-state index is -0.703. The van der Waals surface area contributed by atoms with Crippen LogP contribution in [-0.4, -0.2) is 30.9 Å². The Hall–Kier alpha value is -2.92. The van der Waals surface area contributed by atoms with E-state index in [2.05, 4.69) is 15.5 Å². The third-order valence-electron chi connectivity index (χ3n) is 3.99. The van der Waals surface area contributed by atoms with Crippen LogP contribution in [0.25, 0.3) is 0 Å². The molecule has 1 aromatic carbocycles. The number of rotatable bonds is 6. The zero-order valence-corrected chi connectivity index (χ0v) is 17.1. The van der Waals surface area contributed by atoms with Gasteiger partial charge in [0, 0.05) is 19.8 Å². The Bertz CT molecular complexity index is 1160. The van der Waals surface area contributed by atoms with E-state index in [0.717, 1.165) is 32.1 Å². The first-order chi connectivity index (χ1) is 13.3. The first-order valence-corrected chi connectivity index (χ1v) is 9.97. The van der Waals surface area contributed by atoms with Gasteiger partial charge in [-0.2, -0.15) is 0 Å². The second-order valence-corrected chi connectivity index (χ2v) is 8.25. The number of ketones is 1. The van der Waals surface area contributed by atoms with Gasteiger partial charge in [-0.15, -0.1) is 10.2 Å². The molecule has 0 radical (unpaired) electrons. The highest BCUT2D eigenvalue weighted by molar-refractivity contribution is 8.01. The maximum absolute atomic E-state index is 12.5. The number of nitrogens with zero attached hydrogens (tertiary/aromatic N) is 4. The van der Waals surface area contributed by atoms with E-state index in [4.69, 9.17) is 5.73 Å². The minimum Gasteiger partial charge on any atom is -0.384 e. The van der Waals surface area contributed by atoms with E-state index < -0.39 is 17.0 Å². The number of nitrogens with one attached hydrogen (secondary N) is 1. The van der Waals surface area contributed by atoms with Crippen molar-refractivity contribution in [3.05, 3.63) is 56.2 Å². The lowest BCUT2D eigenvalue weighted by Gasteiger charge is -2.10. The van der Waals surface area contributed by atoms with Crippen LogP contribution in [-0.2, 0) is 14.1 Å². The van der Waals surface area contributed by atoms with Crippen LogP contribution in [0.4, 0.5) is 16.6 Å². The summed E-state index contributed by atoms with van der Waals surface area (Å²) in [6.07, 6.45) is 0. The van der Waals surface area contributed by atoms with Gasteiger partial charge in [-0.1, -0.05) is 35.2 Å². The van der Waals surface area contributed by atoms with Crippen LogP contribution in [0.2, 0.25) is 0 Å². The number of thioether (sulfide) groups is 1. The third kappa shape index (κ3) is 3.99. The van der Waals surface area contributed by atoms with Crippen LogP contribution in [0, 0.1) is 6.92 Å². The van der Waals surface area contributed by atoms with Crippen molar-refractivity contribution in [1.82, 2.24) is 19.3 Å². The number of benzene rings is 1. The Morgan fingerprint density at radius 3 is 2.71 bits per heavy atom. The van der Waals surface area contributed by atoms with Gasteiger partial charge in [0.2, 0.25) is 5.13 Å². The molecule has 0 spiro atoms. The fraction of sp³-hybridized carbons (Fsp3) is 0.235. The first kappa shape index (κ1) is 19.8. The summed E-state index contributed by atoms with van der Waals surface area (Å²) in [7, 11) is 2.72. The number of hydrogen-bond donors (Lipinski definition) is 2. The summed E-state index contributed by atoms with van der Waals surface area (Å²) >= 11 is 2.45. The molecule has 0 aliphatic carbocycles. The van der Waals surface area contributed by atoms with Crippen LogP contribution in [0.1, 0.15) is 15.9 Å². The maximum atomic E-state index is 12.5. The van der Waals surface area contributed by atoms with Crippen molar-refractivity contribution in [1.29, 1.82) is 0 Å². The fourth-order valence-corrected chi connectivity index (χ4v) is 4.13. The Labute approximate surface area is 168 Å². The molecule has 0 saturated heterocycles. The number of aryl methyl sites for hydroxylation is 1. The lowest BCUT2D eigenvalue weighted by atomic mass is 10.2. The molecule has 0 saturated carbocycles. The van der Waals surface area contributed by atoms with E-state index in [-0.39, 0.29) is 17.1 Å². The molecule has 11 heteroatoms. The smallest absolute Gasteiger partial charge is 0.332 e. The van der Waals surface area contributed by atoms with Gasteiger partial charge in [0.15, 0.2) is 10.1 Å². The molecule has 28 heavy (non-hydrogen) atoms. The third-order valence-corrected chi connectivity index (χ3v) is 5.96. The van der Waals surface area contributed by atoms with Crippen molar-refractivity contribution in [3.8, 4) is 0 Å². The normalized spacial score (nSPS) is 10.8. The van der Waals surface area contributed by atoms with Gasteiger partial charge in [-0.05, 0) is 24.6 Å². The molecular weight excluding hydrogens is 400 g/mol. The van der Waals surface area contributed by atoms with Gasteiger partial charge in [0.25, 0.3) is 5.56 Å². The van der Waals surface area contributed by atoms with Crippen LogP contribution in [0.3, 0.4) is 0 Å². The summed E-state index contributed by atoms with van der Waals surface area (Å²) < 4.78 is 2.51. The van der Waals surface area contributed by atoms with Crippen molar-refractivity contribution in [2.45, 2.75) is 11.3 Å². The molecule has 9 nitrogen and oxygen atoms in total. The van der Waals surface area contributed by atoms with Gasteiger partial charge >= 0.3 is 5.69 Å². The van der Waals surface area contributed by atoms with Gasteiger partial charge in [0.05, 0.1) is 5.75 Å². The second-order valence-electron chi connectivity index (χ2n) is 6.05. The van der Waals surface area contributed by atoms with Crippen LogP contribution in [0.5, 0.6) is 0 Å².